The largest absolute Gasteiger partial charge is 0.440 e. The molecule has 5 nitrogen and oxygen atoms in total. The normalized spacial score (nSPS) is 12.1. The van der Waals surface area contributed by atoms with Crippen LogP contribution in [0, 0.1) is 0 Å². The molecule has 0 aliphatic heterocycles. The number of furan rings is 1. The van der Waals surface area contributed by atoms with E-state index in [2.05, 4.69) is 66.7 Å². The molecule has 0 bridgehead atoms. The van der Waals surface area contributed by atoms with E-state index >= 15 is 0 Å². The molecule has 2 heterocycles. The van der Waals surface area contributed by atoms with Crippen molar-refractivity contribution in [1.82, 2.24) is 15.0 Å². The number of fused-ring (bicyclic) bond motifs is 6. The van der Waals surface area contributed by atoms with Crippen LogP contribution in [-0.4, -0.2) is 15.0 Å². The smallest absolute Gasteiger partial charge is 0.199 e. The molecule has 0 unspecified atom stereocenters. The highest BCUT2D eigenvalue weighted by Crippen LogP contribution is 2.37. The zero-order chi connectivity index (χ0) is 28.9. The Bertz CT molecular complexity index is 2370. The van der Waals surface area contributed by atoms with Crippen LogP contribution in [0.2, 0.25) is 0 Å². The number of nitrogen functional groups attached to an aromatic ring is 1. The van der Waals surface area contributed by atoms with E-state index < -0.39 is 0 Å². The van der Waals surface area contributed by atoms with Gasteiger partial charge in [-0.2, -0.15) is 0 Å². The van der Waals surface area contributed by atoms with E-state index in [1.165, 1.54) is 21.5 Å². The summed E-state index contributed by atoms with van der Waals surface area (Å²) in [5.41, 5.74) is 10.6. The number of nitrogens with zero attached hydrogens (tertiary/aromatic N) is 3. The maximum Gasteiger partial charge on any atom is 0.199 e. The molecule has 8 aromatic rings. The fraction of sp³-hybridized carbons (Fsp3) is 0.0263. The van der Waals surface area contributed by atoms with Crippen molar-refractivity contribution in [2.45, 2.75) is 6.92 Å². The lowest BCUT2D eigenvalue weighted by molar-refractivity contribution is 0.636. The average Bonchev–Trinajstić information content (AvgIpc) is 3.40. The van der Waals surface area contributed by atoms with Crippen molar-refractivity contribution in [3.05, 3.63) is 139 Å². The number of hydrogen-bond acceptors (Lipinski definition) is 5. The van der Waals surface area contributed by atoms with Crippen LogP contribution in [0.15, 0.2) is 132 Å². The molecule has 0 aliphatic carbocycles. The van der Waals surface area contributed by atoms with Crippen LogP contribution < -0.4 is 5.73 Å². The van der Waals surface area contributed by atoms with Crippen molar-refractivity contribution in [2.75, 3.05) is 5.73 Å². The Morgan fingerprint density at radius 3 is 2.00 bits per heavy atom. The minimum Gasteiger partial charge on any atom is -0.440 e. The van der Waals surface area contributed by atoms with Gasteiger partial charge in [-0.3, -0.25) is 0 Å². The highest BCUT2D eigenvalue weighted by atomic mass is 16.3. The van der Waals surface area contributed by atoms with E-state index in [0.717, 1.165) is 44.0 Å². The van der Waals surface area contributed by atoms with Crippen LogP contribution in [0.25, 0.3) is 71.6 Å². The molecule has 0 saturated heterocycles. The Balaban J connectivity index is 1.36. The summed E-state index contributed by atoms with van der Waals surface area (Å²) in [6.45, 7) is 1.97. The molecule has 6 aromatic carbocycles. The van der Waals surface area contributed by atoms with E-state index in [4.69, 9.17) is 25.1 Å². The zero-order valence-corrected chi connectivity index (χ0v) is 23.5. The molecule has 8 rings (SSSR count). The minimum absolute atomic E-state index is 0.335. The summed E-state index contributed by atoms with van der Waals surface area (Å²) in [5.74, 6) is 2.06. The summed E-state index contributed by atoms with van der Waals surface area (Å²) in [5, 5.41) is 8.12. The number of nitrogens with two attached hydrogens (primary N) is 1. The second kappa shape index (κ2) is 9.93. The van der Waals surface area contributed by atoms with Crippen molar-refractivity contribution in [3.8, 4) is 22.8 Å². The number of benzene rings is 6. The highest BCUT2D eigenvalue weighted by Gasteiger charge is 2.21. The van der Waals surface area contributed by atoms with Gasteiger partial charge in [-0.25, -0.2) is 15.0 Å². The van der Waals surface area contributed by atoms with E-state index in [1.807, 2.05) is 67.6 Å². The van der Waals surface area contributed by atoms with E-state index in [-0.39, 0.29) is 0 Å². The van der Waals surface area contributed by atoms with Crippen LogP contribution in [0.4, 0.5) is 5.88 Å². The molecule has 0 atom stereocenters. The number of allylic oxidation sites excluding steroid dienone is 1. The topological polar surface area (TPSA) is 77.8 Å². The Labute approximate surface area is 248 Å². The number of aromatic nitrogens is 3. The lowest BCUT2D eigenvalue weighted by Gasteiger charge is -2.12. The molecule has 0 saturated carbocycles. The highest BCUT2D eigenvalue weighted by molar-refractivity contribution is 6.17. The Morgan fingerprint density at radius 2 is 1.21 bits per heavy atom. The van der Waals surface area contributed by atoms with Gasteiger partial charge >= 0.3 is 0 Å². The molecule has 0 aliphatic rings. The summed E-state index contributed by atoms with van der Waals surface area (Å²) in [6.07, 6.45) is 1.99. The quantitative estimate of drug-likeness (QED) is 0.219. The van der Waals surface area contributed by atoms with Gasteiger partial charge in [0.15, 0.2) is 23.4 Å². The number of anilines is 1. The third kappa shape index (κ3) is 4.13. The van der Waals surface area contributed by atoms with Crippen LogP contribution in [0.1, 0.15) is 18.3 Å². The van der Waals surface area contributed by atoms with Crippen molar-refractivity contribution >= 4 is 54.7 Å². The molecule has 2 aromatic heterocycles. The Hall–Kier alpha value is -5.81. The van der Waals surface area contributed by atoms with Crippen LogP contribution >= 0.6 is 0 Å². The van der Waals surface area contributed by atoms with Crippen LogP contribution in [0.5, 0.6) is 0 Å². The van der Waals surface area contributed by atoms with Gasteiger partial charge in [-0.05, 0) is 51.4 Å². The summed E-state index contributed by atoms with van der Waals surface area (Å²) in [7, 11) is 0. The van der Waals surface area contributed by atoms with Gasteiger partial charge < -0.3 is 10.2 Å². The molecule has 43 heavy (non-hydrogen) atoms. The maximum absolute atomic E-state index is 6.44. The first-order valence-corrected chi connectivity index (χ1v) is 14.3. The SMILES string of the molecule is C/C=C(/c1nc(-c2ccccc2)nc(-c2ccc3ccc4c5ccccc5ccc4c3c2)n1)c1c(N)oc2ccccc12. The molecule has 2 N–H and O–H groups in total. The Kier molecular flexibility index (Phi) is 5.76. The molecule has 0 radical (unpaired) electrons. The molecule has 0 fully saturated rings. The van der Waals surface area contributed by atoms with Gasteiger partial charge in [0.2, 0.25) is 0 Å². The molecule has 5 heteroatoms. The first-order valence-electron chi connectivity index (χ1n) is 14.3. The minimum atomic E-state index is 0.335. The first kappa shape index (κ1) is 24.9. The second-order valence-corrected chi connectivity index (χ2v) is 10.6. The lowest BCUT2D eigenvalue weighted by atomic mass is 9.96. The zero-order valence-electron chi connectivity index (χ0n) is 23.5. The van der Waals surface area contributed by atoms with Crippen molar-refractivity contribution < 1.29 is 4.42 Å². The van der Waals surface area contributed by atoms with E-state index in [9.17, 15) is 0 Å². The maximum atomic E-state index is 6.44. The van der Waals surface area contributed by atoms with Crippen molar-refractivity contribution in [3.63, 3.8) is 0 Å². The fourth-order valence-electron chi connectivity index (χ4n) is 6.03. The van der Waals surface area contributed by atoms with Gasteiger partial charge in [0.25, 0.3) is 0 Å². The summed E-state index contributed by atoms with van der Waals surface area (Å²) < 4.78 is 5.92. The fourth-order valence-corrected chi connectivity index (χ4v) is 6.03. The van der Waals surface area contributed by atoms with Gasteiger partial charge in [0, 0.05) is 22.1 Å². The predicted octanol–water partition coefficient (Wildman–Crippen LogP) is 9.45. The van der Waals surface area contributed by atoms with Gasteiger partial charge in [0.05, 0.1) is 5.56 Å². The number of hydrogen-bond donors (Lipinski definition) is 1. The summed E-state index contributed by atoms with van der Waals surface area (Å²) >= 11 is 0. The van der Waals surface area contributed by atoms with E-state index in [1.54, 1.807) is 0 Å². The Morgan fingerprint density at radius 1 is 0.581 bits per heavy atom. The molecular formula is C38H26N4O. The monoisotopic (exact) mass is 554 g/mol. The first-order chi connectivity index (χ1) is 21.2. The molecule has 204 valence electrons. The third-order valence-electron chi connectivity index (χ3n) is 8.09. The predicted molar refractivity (Wildman–Crippen MR) is 177 cm³/mol. The van der Waals surface area contributed by atoms with Gasteiger partial charge in [0.1, 0.15) is 5.58 Å². The van der Waals surface area contributed by atoms with E-state index in [0.29, 0.717) is 23.4 Å². The molecule has 0 spiro atoms. The average molecular weight is 555 g/mol. The second-order valence-electron chi connectivity index (χ2n) is 10.6. The number of para-hydroxylation sites is 1. The van der Waals surface area contributed by atoms with Crippen LogP contribution in [-0.2, 0) is 0 Å². The number of rotatable bonds is 4. The van der Waals surface area contributed by atoms with Crippen molar-refractivity contribution in [2.24, 2.45) is 0 Å². The van der Waals surface area contributed by atoms with Gasteiger partial charge in [-0.15, -0.1) is 0 Å². The van der Waals surface area contributed by atoms with Crippen molar-refractivity contribution in [1.29, 1.82) is 0 Å². The molecular weight excluding hydrogens is 528 g/mol. The molecule has 0 amide bonds. The van der Waals surface area contributed by atoms with Gasteiger partial charge in [-0.1, -0.05) is 115 Å². The summed E-state index contributed by atoms with van der Waals surface area (Å²) in [6, 6.07) is 41.6. The standard InChI is InChI=1S/C38H26N4O/c1-2-27(34-31-14-8-9-15-33(31)43-35(34)39)38-41-36(25-11-4-3-5-12-25)40-37(42-38)26-17-16-24-19-20-29-28-13-7-6-10-23(28)18-21-30(29)32(24)22-26/h2-22H,39H2,1H3/b27-2+. The van der Waals surface area contributed by atoms with Crippen LogP contribution in [0.3, 0.4) is 0 Å². The third-order valence-corrected chi connectivity index (χ3v) is 8.09. The summed E-state index contributed by atoms with van der Waals surface area (Å²) in [4.78, 5) is 15.0. The lowest BCUT2D eigenvalue weighted by Crippen LogP contribution is -2.04.